The van der Waals surface area contributed by atoms with Gasteiger partial charge in [-0.15, -0.1) is 8.93 Å². The molecule has 6 atom stereocenters. The van der Waals surface area contributed by atoms with Crippen molar-refractivity contribution in [2.75, 3.05) is 30.0 Å². The van der Waals surface area contributed by atoms with E-state index in [1.807, 2.05) is 6.92 Å². The third-order valence-electron chi connectivity index (χ3n) is 6.34. The van der Waals surface area contributed by atoms with Crippen molar-refractivity contribution >= 4 is 81.7 Å². The Morgan fingerprint density at radius 1 is 1.21 bits per heavy atom. The lowest BCUT2D eigenvalue weighted by molar-refractivity contribution is -0.121. The van der Waals surface area contributed by atoms with Crippen molar-refractivity contribution in [2.24, 2.45) is 0 Å². The van der Waals surface area contributed by atoms with Gasteiger partial charge >= 0.3 is 0 Å². The number of hydrogen-bond acceptors (Lipinski definition) is 11. The molecule has 1 aliphatic heterocycles. The normalized spacial score (nSPS) is 19.0. The Balaban J connectivity index is 1.35. The number of carbonyl (C=O) groups is 3. The van der Waals surface area contributed by atoms with Crippen molar-refractivity contribution in [3.05, 3.63) is 16.7 Å². The van der Waals surface area contributed by atoms with Gasteiger partial charge in [0.2, 0.25) is 17.8 Å². The van der Waals surface area contributed by atoms with Gasteiger partial charge in [-0.1, -0.05) is 42.9 Å². The Hall–Kier alpha value is -1.17. The maximum absolute atomic E-state index is 12.6. The summed E-state index contributed by atoms with van der Waals surface area (Å²) in [4.78, 5) is 59.3. The van der Waals surface area contributed by atoms with E-state index in [1.54, 1.807) is 4.57 Å². The number of aliphatic hydroxyl groups is 1. The van der Waals surface area contributed by atoms with Crippen LogP contribution in [-0.2, 0) is 23.6 Å². The predicted molar refractivity (Wildman–Crippen MR) is 175 cm³/mol. The molecule has 0 saturated carbocycles. The molecular formula is C24H39N6O7P3S2. The standard InChI is InChI=1S/C24H39N6O7P3S2/c1-2-15(31)6-4-3-5-9-25-18(33)7-10-41-42-11-8-19(34)27-24-28-22-21(23(35)29-24)26-14-30(22)20-12-16(32)17(37-20)13-36-39-40-38/h14,16-17,20,32,39-40H,2-13,38H2,1H3,(H,25,33)(H2,27,28,29,34,35)/t16?,17-,20-/m1/s1. The number of aliphatic hydroxyl groups excluding tert-OH is 1. The van der Waals surface area contributed by atoms with Crippen molar-refractivity contribution in [1.29, 1.82) is 0 Å². The Kier molecular flexibility index (Phi) is 16.2. The van der Waals surface area contributed by atoms with Crippen molar-refractivity contribution in [3.63, 3.8) is 0 Å². The number of Topliss-reactive ketones (excluding diaryl/α,β-unsaturated/α-hetero) is 1. The van der Waals surface area contributed by atoms with Crippen LogP contribution in [0.4, 0.5) is 5.95 Å². The molecule has 0 aromatic carbocycles. The Morgan fingerprint density at radius 2 is 1.98 bits per heavy atom. The number of rotatable bonds is 20. The van der Waals surface area contributed by atoms with Crippen LogP contribution in [0.25, 0.3) is 11.2 Å². The number of H-pyrrole nitrogens is 1. The molecule has 234 valence electrons. The molecule has 0 radical (unpaired) electrons. The average molecular weight is 681 g/mol. The molecule has 1 aliphatic rings. The first-order chi connectivity index (χ1) is 20.3. The van der Waals surface area contributed by atoms with Gasteiger partial charge in [0, 0.05) is 58.7 Å². The highest BCUT2D eigenvalue weighted by molar-refractivity contribution is 8.76. The van der Waals surface area contributed by atoms with E-state index in [1.165, 1.54) is 27.9 Å². The number of nitrogens with zero attached hydrogens (tertiary/aromatic N) is 3. The molecule has 4 unspecified atom stereocenters. The minimum Gasteiger partial charge on any atom is -0.390 e. The van der Waals surface area contributed by atoms with Crippen LogP contribution < -0.4 is 16.2 Å². The molecule has 0 spiro atoms. The summed E-state index contributed by atoms with van der Waals surface area (Å²) in [6.07, 6.45) is 4.38. The van der Waals surface area contributed by atoms with E-state index in [0.29, 0.717) is 60.2 Å². The number of aromatic nitrogens is 4. The second kappa shape index (κ2) is 19.3. The summed E-state index contributed by atoms with van der Waals surface area (Å²) >= 11 is 0. The SMILES string of the molecule is CCC(=O)CCCCCNC(=O)CCSSCCC(=O)Nc1nc2c(ncn2[C@H]2CC(O)[C@@H](COPPP)O2)c(=O)[nH]1. The first-order valence-corrected chi connectivity index (χ1v) is 21.0. The minimum atomic E-state index is -0.727. The summed E-state index contributed by atoms with van der Waals surface area (Å²) in [6, 6.07) is 0. The number of ether oxygens (including phenoxy) is 1. The third-order valence-corrected chi connectivity index (χ3v) is 11.0. The number of amides is 2. The van der Waals surface area contributed by atoms with E-state index in [0.717, 1.165) is 19.3 Å². The minimum absolute atomic E-state index is 0.00611. The van der Waals surface area contributed by atoms with Crippen LogP contribution in [0.5, 0.6) is 0 Å². The highest BCUT2D eigenvalue weighted by Crippen LogP contribution is 2.44. The number of nitrogens with one attached hydrogen (secondary N) is 3. The first-order valence-electron chi connectivity index (χ1n) is 13.8. The largest absolute Gasteiger partial charge is 0.390 e. The van der Waals surface area contributed by atoms with E-state index in [-0.39, 0.29) is 47.7 Å². The van der Waals surface area contributed by atoms with Crippen molar-refractivity contribution in [2.45, 2.75) is 76.7 Å². The van der Waals surface area contributed by atoms with Crippen molar-refractivity contribution in [1.82, 2.24) is 24.8 Å². The van der Waals surface area contributed by atoms with E-state index in [9.17, 15) is 24.3 Å². The number of aromatic amines is 1. The number of unbranched alkanes of at least 4 members (excludes halogenated alkanes) is 2. The molecule has 0 bridgehead atoms. The number of fused-ring (bicyclic) bond motifs is 1. The molecule has 13 nitrogen and oxygen atoms in total. The molecule has 1 saturated heterocycles. The predicted octanol–water partition coefficient (Wildman–Crippen LogP) is 3.52. The molecule has 2 amide bonds. The molecule has 0 aliphatic carbocycles. The van der Waals surface area contributed by atoms with Crippen LogP contribution in [0.1, 0.15) is 64.5 Å². The number of imidazole rings is 1. The topological polar surface area (TPSA) is 178 Å². The highest BCUT2D eigenvalue weighted by Gasteiger charge is 2.36. The molecule has 1 fully saturated rings. The van der Waals surface area contributed by atoms with Crippen LogP contribution >= 0.6 is 47.0 Å². The highest BCUT2D eigenvalue weighted by atomic mass is 33.1. The molecule has 18 heteroatoms. The number of hydrogen-bond donors (Lipinski definition) is 4. The Bertz CT molecular complexity index is 1240. The van der Waals surface area contributed by atoms with Crippen LogP contribution in [-0.4, -0.2) is 79.1 Å². The number of anilines is 1. The quantitative estimate of drug-likeness (QED) is 0.0914. The summed E-state index contributed by atoms with van der Waals surface area (Å²) in [5, 5.41) is 15.9. The maximum atomic E-state index is 12.6. The molecular weight excluding hydrogens is 641 g/mol. The number of carbonyl (C=O) groups excluding carboxylic acids is 3. The number of ketones is 1. The summed E-state index contributed by atoms with van der Waals surface area (Å²) in [6.45, 7) is 2.75. The fourth-order valence-corrected chi connectivity index (χ4v) is 7.66. The summed E-state index contributed by atoms with van der Waals surface area (Å²) < 4.78 is 13.1. The lowest BCUT2D eigenvalue weighted by Crippen LogP contribution is -2.25. The van der Waals surface area contributed by atoms with Gasteiger partial charge in [-0.05, 0) is 12.8 Å². The molecule has 2 aromatic heterocycles. The summed E-state index contributed by atoms with van der Waals surface area (Å²) in [5.74, 6) is 1.12. The van der Waals surface area contributed by atoms with Crippen LogP contribution in [0.3, 0.4) is 0 Å². The Labute approximate surface area is 258 Å². The second-order valence-corrected chi connectivity index (χ2v) is 17.0. The van der Waals surface area contributed by atoms with E-state index in [2.05, 4.69) is 34.5 Å². The van der Waals surface area contributed by atoms with Crippen LogP contribution in [0.15, 0.2) is 11.1 Å². The zero-order chi connectivity index (χ0) is 30.3. The molecule has 2 aromatic rings. The lowest BCUT2D eigenvalue weighted by atomic mass is 10.1. The van der Waals surface area contributed by atoms with Gasteiger partial charge < -0.3 is 19.7 Å². The molecule has 4 N–H and O–H groups in total. The Morgan fingerprint density at radius 3 is 2.71 bits per heavy atom. The average Bonchev–Trinajstić information content (AvgIpc) is 3.55. The van der Waals surface area contributed by atoms with E-state index < -0.39 is 24.0 Å². The summed E-state index contributed by atoms with van der Waals surface area (Å²) in [7, 11) is 6.54. The summed E-state index contributed by atoms with van der Waals surface area (Å²) in [5.41, 5.74) is -0.142. The zero-order valence-corrected chi connectivity index (χ0v) is 28.2. The van der Waals surface area contributed by atoms with Crippen molar-refractivity contribution in [3.8, 4) is 0 Å². The molecule has 3 rings (SSSR count). The van der Waals surface area contributed by atoms with Gasteiger partial charge in [-0.3, -0.25) is 34.0 Å². The van der Waals surface area contributed by atoms with Gasteiger partial charge in [0.25, 0.3) is 5.56 Å². The smallest absolute Gasteiger partial charge is 0.280 e. The van der Waals surface area contributed by atoms with Gasteiger partial charge in [0.1, 0.15) is 18.1 Å². The van der Waals surface area contributed by atoms with E-state index in [4.69, 9.17) is 9.26 Å². The monoisotopic (exact) mass is 680 g/mol. The van der Waals surface area contributed by atoms with Gasteiger partial charge in [0.05, 0.1) is 19.0 Å². The second-order valence-electron chi connectivity index (χ2n) is 9.47. The fourth-order valence-electron chi connectivity index (χ4n) is 4.10. The van der Waals surface area contributed by atoms with Gasteiger partial charge in [-0.2, -0.15) is 4.98 Å². The maximum Gasteiger partial charge on any atom is 0.280 e. The zero-order valence-electron chi connectivity index (χ0n) is 23.4. The molecule has 3 heterocycles. The lowest BCUT2D eigenvalue weighted by Gasteiger charge is -2.15. The molecule has 42 heavy (non-hydrogen) atoms. The van der Waals surface area contributed by atoms with E-state index >= 15 is 0 Å². The fraction of sp³-hybridized carbons (Fsp3) is 0.667. The van der Waals surface area contributed by atoms with Gasteiger partial charge in [0.15, 0.2) is 11.2 Å². The van der Waals surface area contributed by atoms with Crippen LogP contribution in [0, 0.1) is 0 Å². The first kappa shape index (κ1) is 35.3. The van der Waals surface area contributed by atoms with Crippen molar-refractivity contribution < 1.29 is 28.8 Å². The third kappa shape index (κ3) is 11.7. The van der Waals surface area contributed by atoms with Crippen LogP contribution in [0.2, 0.25) is 0 Å². The van der Waals surface area contributed by atoms with Gasteiger partial charge in [-0.25, -0.2) is 4.98 Å².